The zero-order valence-electron chi connectivity index (χ0n) is 13.8. The van der Waals surface area contributed by atoms with Gasteiger partial charge in [0.05, 0.1) is 19.2 Å². The van der Waals surface area contributed by atoms with Crippen molar-refractivity contribution in [3.8, 4) is 11.5 Å². The number of aromatic nitrogens is 1. The van der Waals surface area contributed by atoms with Crippen LogP contribution in [0.4, 0.5) is 4.79 Å². The first-order valence-electron chi connectivity index (χ1n) is 7.31. The molecule has 132 valence electrons. The molecule has 2 aromatic rings. The topological polar surface area (TPSA) is 111 Å². The van der Waals surface area contributed by atoms with E-state index < -0.39 is 12.1 Å². The highest BCUT2D eigenvalue weighted by molar-refractivity contribution is 6.36. The summed E-state index contributed by atoms with van der Waals surface area (Å²) < 4.78 is 15.3. The van der Waals surface area contributed by atoms with Crippen LogP contribution in [0, 0.1) is 11.4 Å². The van der Waals surface area contributed by atoms with Crippen molar-refractivity contribution in [3.05, 3.63) is 28.9 Å². The third-order valence-electron chi connectivity index (χ3n) is 3.11. The number of rotatable bonds is 5. The van der Waals surface area contributed by atoms with Crippen LogP contribution in [0.5, 0.6) is 11.5 Å². The minimum Gasteiger partial charge on any atom is -0.495 e. The Hall–Kier alpha value is -2.74. The van der Waals surface area contributed by atoms with E-state index in [1.54, 1.807) is 12.1 Å². The molecule has 1 aromatic carbocycles. The van der Waals surface area contributed by atoms with Crippen molar-refractivity contribution in [2.45, 2.75) is 13.8 Å². The quantitative estimate of drug-likeness (QED) is 0.626. The van der Waals surface area contributed by atoms with Gasteiger partial charge >= 0.3 is 12.1 Å². The molecule has 9 heteroatoms. The first-order valence-corrected chi connectivity index (χ1v) is 7.68. The standard InChI is InChI=1S/C16H16ClN3O5/c1-8(2)7-24-16(22)25-12-6-10(15(21)20-18)19-14-9(12)4-5-11(23-3)13(14)17/h4-6,8,18H,7H2,1-3H3. The van der Waals surface area contributed by atoms with Gasteiger partial charge in [0.2, 0.25) is 0 Å². The zero-order valence-corrected chi connectivity index (χ0v) is 14.6. The average Bonchev–Trinajstić information content (AvgIpc) is 2.59. The summed E-state index contributed by atoms with van der Waals surface area (Å²) in [6.07, 6.45) is -0.922. The van der Waals surface area contributed by atoms with Crippen molar-refractivity contribution in [1.29, 1.82) is 5.53 Å². The number of halogens is 1. The van der Waals surface area contributed by atoms with Crippen molar-refractivity contribution >= 4 is 34.6 Å². The highest BCUT2D eigenvalue weighted by atomic mass is 35.5. The maximum Gasteiger partial charge on any atom is 0.513 e. The molecule has 25 heavy (non-hydrogen) atoms. The third kappa shape index (κ3) is 4.21. The van der Waals surface area contributed by atoms with Crippen LogP contribution in [-0.2, 0) is 4.74 Å². The number of carbonyl (C=O) groups excluding carboxylic acids is 2. The van der Waals surface area contributed by atoms with Crippen molar-refractivity contribution in [1.82, 2.24) is 4.98 Å². The number of carbonyl (C=O) groups is 2. The Bertz CT molecular complexity index is 838. The number of amides is 1. The highest BCUT2D eigenvalue weighted by Crippen LogP contribution is 2.36. The number of fused-ring (bicyclic) bond motifs is 1. The van der Waals surface area contributed by atoms with Crippen LogP contribution in [0.1, 0.15) is 24.3 Å². The average molecular weight is 366 g/mol. The fourth-order valence-electron chi connectivity index (χ4n) is 1.97. The van der Waals surface area contributed by atoms with Crippen LogP contribution in [0.15, 0.2) is 23.3 Å². The van der Waals surface area contributed by atoms with E-state index in [2.05, 4.69) is 10.1 Å². The van der Waals surface area contributed by atoms with Gasteiger partial charge in [-0.25, -0.2) is 15.3 Å². The number of pyridine rings is 1. The summed E-state index contributed by atoms with van der Waals surface area (Å²) in [6, 6.07) is 4.38. The fourth-order valence-corrected chi connectivity index (χ4v) is 2.26. The Morgan fingerprint density at radius 1 is 1.32 bits per heavy atom. The number of ether oxygens (including phenoxy) is 3. The lowest BCUT2D eigenvalue weighted by atomic mass is 10.1. The molecular formula is C16H16ClN3O5. The van der Waals surface area contributed by atoms with Gasteiger partial charge in [0, 0.05) is 11.5 Å². The Morgan fingerprint density at radius 3 is 2.64 bits per heavy atom. The number of benzene rings is 1. The van der Waals surface area contributed by atoms with Gasteiger partial charge in [-0.2, -0.15) is 0 Å². The zero-order chi connectivity index (χ0) is 18.6. The second-order valence-corrected chi connectivity index (χ2v) is 5.84. The van der Waals surface area contributed by atoms with Crippen LogP contribution in [-0.4, -0.2) is 30.8 Å². The number of methoxy groups -OCH3 is 1. The number of hydrogen-bond acceptors (Lipinski definition) is 7. The molecule has 2 rings (SSSR count). The first kappa shape index (κ1) is 18.6. The normalized spacial score (nSPS) is 10.6. The molecule has 0 bridgehead atoms. The van der Waals surface area contributed by atoms with E-state index in [1.807, 2.05) is 13.8 Å². The monoisotopic (exact) mass is 365 g/mol. The third-order valence-corrected chi connectivity index (χ3v) is 3.48. The summed E-state index contributed by atoms with van der Waals surface area (Å²) >= 11 is 6.22. The second-order valence-electron chi connectivity index (χ2n) is 5.46. The van der Waals surface area contributed by atoms with E-state index in [0.29, 0.717) is 11.1 Å². The van der Waals surface area contributed by atoms with Crippen molar-refractivity contribution in [2.24, 2.45) is 11.0 Å². The molecular weight excluding hydrogens is 350 g/mol. The highest BCUT2D eigenvalue weighted by Gasteiger charge is 2.19. The SMILES string of the molecule is COc1ccc2c(OC(=O)OCC(C)C)cc(C(=O)N=N)nc2c1Cl. The molecule has 1 heterocycles. The summed E-state index contributed by atoms with van der Waals surface area (Å²) in [5.41, 5.74) is 6.85. The van der Waals surface area contributed by atoms with Crippen LogP contribution in [0.25, 0.3) is 10.9 Å². The lowest BCUT2D eigenvalue weighted by molar-refractivity contribution is 0.0886. The summed E-state index contributed by atoms with van der Waals surface area (Å²) in [6.45, 7) is 3.95. The molecule has 0 aliphatic rings. The molecule has 0 aliphatic heterocycles. The maximum atomic E-state index is 11.9. The van der Waals surface area contributed by atoms with E-state index in [1.165, 1.54) is 13.2 Å². The van der Waals surface area contributed by atoms with Crippen molar-refractivity contribution < 1.29 is 23.8 Å². The molecule has 1 aromatic heterocycles. The predicted molar refractivity (Wildman–Crippen MR) is 89.6 cm³/mol. The molecule has 0 atom stereocenters. The number of hydrogen-bond donors (Lipinski definition) is 1. The summed E-state index contributed by atoms with van der Waals surface area (Å²) in [5, 5.41) is 3.34. The lowest BCUT2D eigenvalue weighted by Gasteiger charge is -2.12. The summed E-state index contributed by atoms with van der Waals surface area (Å²) in [7, 11) is 1.43. The summed E-state index contributed by atoms with van der Waals surface area (Å²) in [5.74, 6) is -0.404. The van der Waals surface area contributed by atoms with Crippen molar-refractivity contribution in [3.63, 3.8) is 0 Å². The Morgan fingerprint density at radius 2 is 2.04 bits per heavy atom. The van der Waals surface area contributed by atoms with Gasteiger partial charge in [0.1, 0.15) is 22.2 Å². The Labute approximate surface area is 148 Å². The van der Waals surface area contributed by atoms with E-state index in [9.17, 15) is 9.59 Å². The van der Waals surface area contributed by atoms with Crippen LogP contribution in [0.3, 0.4) is 0 Å². The minimum absolute atomic E-state index is 0.0234. The molecule has 1 N–H and O–H groups in total. The van der Waals surface area contributed by atoms with Gasteiger partial charge in [-0.3, -0.25) is 4.79 Å². The van der Waals surface area contributed by atoms with E-state index in [0.717, 1.165) is 0 Å². The molecule has 0 fully saturated rings. The molecule has 0 saturated carbocycles. The second kappa shape index (κ2) is 7.89. The van der Waals surface area contributed by atoms with Crippen LogP contribution in [0.2, 0.25) is 5.02 Å². The first-order chi connectivity index (χ1) is 11.9. The molecule has 1 amide bonds. The smallest absolute Gasteiger partial charge is 0.495 e. The van der Waals surface area contributed by atoms with Gasteiger partial charge < -0.3 is 14.2 Å². The lowest BCUT2D eigenvalue weighted by Crippen LogP contribution is -2.15. The largest absolute Gasteiger partial charge is 0.513 e. The number of nitrogens with zero attached hydrogens (tertiary/aromatic N) is 2. The van der Waals surface area contributed by atoms with E-state index in [-0.39, 0.29) is 34.5 Å². The van der Waals surface area contributed by atoms with Gasteiger partial charge in [0.15, 0.2) is 0 Å². The van der Waals surface area contributed by atoms with Gasteiger partial charge in [-0.05, 0) is 18.1 Å². The maximum absolute atomic E-state index is 11.9. The van der Waals surface area contributed by atoms with Crippen LogP contribution >= 0.6 is 11.6 Å². The number of nitrogens with one attached hydrogen (secondary N) is 1. The minimum atomic E-state index is -0.922. The summed E-state index contributed by atoms with van der Waals surface area (Å²) in [4.78, 5) is 27.7. The van der Waals surface area contributed by atoms with Crippen LogP contribution < -0.4 is 9.47 Å². The molecule has 8 nitrogen and oxygen atoms in total. The molecule has 0 unspecified atom stereocenters. The Kier molecular flexibility index (Phi) is 5.87. The predicted octanol–water partition coefficient (Wildman–Crippen LogP) is 4.24. The fraction of sp³-hybridized carbons (Fsp3) is 0.312. The molecule has 0 saturated heterocycles. The van der Waals surface area contributed by atoms with Gasteiger partial charge in [-0.1, -0.05) is 25.4 Å². The molecule has 0 aliphatic carbocycles. The van der Waals surface area contributed by atoms with E-state index >= 15 is 0 Å². The molecule has 0 spiro atoms. The molecule has 0 radical (unpaired) electrons. The van der Waals surface area contributed by atoms with Gasteiger partial charge in [-0.15, -0.1) is 5.11 Å². The van der Waals surface area contributed by atoms with Gasteiger partial charge in [0.25, 0.3) is 0 Å². The Balaban J connectivity index is 2.53. The van der Waals surface area contributed by atoms with Crippen molar-refractivity contribution in [2.75, 3.05) is 13.7 Å². The van der Waals surface area contributed by atoms with E-state index in [4.69, 9.17) is 31.3 Å².